The number of aliphatic hydroxyl groups is 1. The van der Waals surface area contributed by atoms with E-state index in [0.29, 0.717) is 49.7 Å². The molecule has 4 rings (SSSR count). The van der Waals surface area contributed by atoms with Crippen molar-refractivity contribution < 1.29 is 19.8 Å². The summed E-state index contributed by atoms with van der Waals surface area (Å²) in [6, 6.07) is 14.0. The van der Waals surface area contributed by atoms with Crippen LogP contribution in [0.15, 0.2) is 48.5 Å². The molecule has 2 heterocycles. The van der Waals surface area contributed by atoms with Gasteiger partial charge < -0.3 is 20.0 Å². The number of amides is 1. The smallest absolute Gasteiger partial charge is 0.328 e. The minimum atomic E-state index is -1.04. The third-order valence-corrected chi connectivity index (χ3v) is 7.53. The number of benzene rings is 1. The van der Waals surface area contributed by atoms with E-state index in [1.54, 1.807) is 6.07 Å². The Morgan fingerprint density at radius 2 is 1.68 bits per heavy atom. The predicted molar refractivity (Wildman–Crippen MR) is 147 cm³/mol. The second-order valence-corrected chi connectivity index (χ2v) is 10.4. The Kier molecular flexibility index (Phi) is 8.82. The molecule has 0 bridgehead atoms. The van der Waals surface area contributed by atoms with Crippen molar-refractivity contribution in [1.29, 1.82) is 0 Å². The zero-order chi connectivity index (χ0) is 26.4. The van der Waals surface area contributed by atoms with Crippen molar-refractivity contribution in [3.63, 3.8) is 0 Å². The van der Waals surface area contributed by atoms with Gasteiger partial charge in [0.25, 0.3) is 0 Å². The molecule has 1 saturated heterocycles. The topological polar surface area (TPSA) is 97.2 Å². The van der Waals surface area contributed by atoms with Gasteiger partial charge in [0, 0.05) is 57.1 Å². The fraction of sp³-hybridized carbons (Fsp3) is 0.483. The summed E-state index contributed by atoms with van der Waals surface area (Å²) in [7, 11) is 4.08. The molecule has 1 aliphatic heterocycles. The van der Waals surface area contributed by atoms with E-state index in [-0.39, 0.29) is 17.9 Å². The molecule has 0 spiro atoms. The normalized spacial score (nSPS) is 20.7. The van der Waals surface area contributed by atoms with Gasteiger partial charge in [-0.1, -0.05) is 6.07 Å². The van der Waals surface area contributed by atoms with Crippen LogP contribution in [-0.4, -0.2) is 66.9 Å². The number of carbonyl (C=O) groups excluding carboxylic acids is 1. The summed E-state index contributed by atoms with van der Waals surface area (Å²) >= 11 is 0. The molecule has 1 saturated carbocycles. The van der Waals surface area contributed by atoms with Gasteiger partial charge in [0.2, 0.25) is 5.91 Å². The lowest BCUT2D eigenvalue weighted by atomic mass is 9.86. The molecule has 8 nitrogen and oxygen atoms in total. The van der Waals surface area contributed by atoms with E-state index in [2.05, 4.69) is 39.0 Å². The molecular formula is C29H38N4O4. The number of aromatic nitrogens is 1. The number of rotatable bonds is 8. The van der Waals surface area contributed by atoms with E-state index in [1.165, 1.54) is 17.5 Å². The maximum Gasteiger partial charge on any atom is 0.328 e. The largest absolute Gasteiger partial charge is 0.478 e. The highest BCUT2D eigenvalue weighted by molar-refractivity contribution is 5.94. The highest BCUT2D eigenvalue weighted by Crippen LogP contribution is 2.31. The minimum Gasteiger partial charge on any atom is -0.478 e. The van der Waals surface area contributed by atoms with Crippen molar-refractivity contribution in [2.45, 2.75) is 44.6 Å². The zero-order valence-corrected chi connectivity index (χ0v) is 21.8. The number of nitrogens with zero attached hydrogens (tertiary/aromatic N) is 4. The lowest BCUT2D eigenvalue weighted by Gasteiger charge is -2.37. The summed E-state index contributed by atoms with van der Waals surface area (Å²) in [5.41, 5.74) is 2.90. The van der Waals surface area contributed by atoms with Crippen molar-refractivity contribution in [2.75, 3.05) is 48.4 Å². The van der Waals surface area contributed by atoms with E-state index in [1.807, 2.05) is 31.1 Å². The highest BCUT2D eigenvalue weighted by atomic mass is 16.4. The van der Waals surface area contributed by atoms with Crippen molar-refractivity contribution in [2.24, 2.45) is 11.8 Å². The number of aliphatic carboxylic acids is 1. The van der Waals surface area contributed by atoms with E-state index >= 15 is 0 Å². The Balaban J connectivity index is 1.47. The van der Waals surface area contributed by atoms with Gasteiger partial charge in [-0.25, -0.2) is 9.78 Å². The number of hydrogen-bond acceptors (Lipinski definition) is 6. The van der Waals surface area contributed by atoms with E-state index < -0.39 is 5.97 Å². The molecule has 37 heavy (non-hydrogen) atoms. The van der Waals surface area contributed by atoms with Crippen LogP contribution in [0.3, 0.4) is 0 Å². The van der Waals surface area contributed by atoms with Crippen molar-refractivity contribution in [1.82, 2.24) is 4.98 Å². The summed E-state index contributed by atoms with van der Waals surface area (Å²) in [5, 5.41) is 18.9. The minimum absolute atomic E-state index is 0.0560. The van der Waals surface area contributed by atoms with Crippen LogP contribution in [0.1, 0.15) is 44.2 Å². The second-order valence-electron chi connectivity index (χ2n) is 10.4. The molecule has 8 heteroatoms. The first-order valence-corrected chi connectivity index (χ1v) is 13.2. The Labute approximate surface area is 219 Å². The standard InChI is InChI=1S/C29H38N4O4/c1-31(2)24-9-11-25(12-10-24)32-18-16-21(17-19-32)20-33(29(37)22-6-13-26(34)14-7-22)27-5-3-4-23(30-27)8-15-28(35)36/h3-5,8-12,15,21-22,26,34H,6-7,13-14,16-20H2,1-2H3,(H,35,36)/b15-8+. The maximum absolute atomic E-state index is 13.7. The van der Waals surface area contributed by atoms with Crippen LogP contribution in [0.25, 0.3) is 6.08 Å². The number of hydrogen-bond donors (Lipinski definition) is 2. The third kappa shape index (κ3) is 7.10. The third-order valence-electron chi connectivity index (χ3n) is 7.53. The highest BCUT2D eigenvalue weighted by Gasteiger charge is 2.32. The SMILES string of the molecule is CN(C)c1ccc(N2CCC(CN(C(=O)C3CCC(O)CC3)c3cccc(/C=C/C(=O)O)n3)CC2)cc1. The van der Waals surface area contributed by atoms with Crippen LogP contribution in [0.5, 0.6) is 0 Å². The summed E-state index contributed by atoms with van der Waals surface area (Å²) in [6.07, 6.45) is 6.77. The first kappa shape index (κ1) is 26.7. The molecule has 1 amide bonds. The lowest BCUT2D eigenvalue weighted by molar-refractivity contribution is -0.131. The van der Waals surface area contributed by atoms with E-state index in [4.69, 9.17) is 5.11 Å². The van der Waals surface area contributed by atoms with Crippen molar-refractivity contribution >= 4 is 35.1 Å². The number of aliphatic hydroxyl groups excluding tert-OH is 1. The van der Waals surface area contributed by atoms with Gasteiger partial charge in [-0.3, -0.25) is 9.69 Å². The van der Waals surface area contributed by atoms with Crippen LogP contribution in [-0.2, 0) is 9.59 Å². The monoisotopic (exact) mass is 506 g/mol. The summed E-state index contributed by atoms with van der Waals surface area (Å²) in [6.45, 7) is 2.45. The molecule has 1 aromatic heterocycles. The van der Waals surface area contributed by atoms with Crippen LogP contribution >= 0.6 is 0 Å². The van der Waals surface area contributed by atoms with Gasteiger partial charge in [-0.2, -0.15) is 0 Å². The molecule has 2 fully saturated rings. The quantitative estimate of drug-likeness (QED) is 0.522. The van der Waals surface area contributed by atoms with Gasteiger partial charge in [-0.05, 0) is 86.9 Å². The molecule has 1 aromatic carbocycles. The first-order chi connectivity index (χ1) is 17.8. The molecule has 2 aromatic rings. The number of piperidine rings is 1. The molecule has 2 N–H and O–H groups in total. The number of carbonyl (C=O) groups is 2. The Bertz CT molecular complexity index is 1090. The number of pyridine rings is 1. The summed E-state index contributed by atoms with van der Waals surface area (Å²) < 4.78 is 0. The fourth-order valence-electron chi connectivity index (χ4n) is 5.27. The van der Waals surface area contributed by atoms with Crippen LogP contribution in [0, 0.1) is 11.8 Å². The van der Waals surface area contributed by atoms with Gasteiger partial charge in [0.15, 0.2) is 0 Å². The molecule has 0 radical (unpaired) electrons. The van der Waals surface area contributed by atoms with Crippen LogP contribution in [0.2, 0.25) is 0 Å². The van der Waals surface area contributed by atoms with Gasteiger partial charge in [-0.15, -0.1) is 0 Å². The molecule has 198 valence electrons. The number of carboxylic acids is 1. The molecule has 0 unspecified atom stereocenters. The van der Waals surface area contributed by atoms with Gasteiger partial charge in [0.1, 0.15) is 5.82 Å². The Morgan fingerprint density at radius 1 is 1.00 bits per heavy atom. The average Bonchev–Trinajstić information content (AvgIpc) is 2.91. The van der Waals surface area contributed by atoms with Crippen molar-refractivity contribution in [3.05, 3.63) is 54.2 Å². The summed E-state index contributed by atoms with van der Waals surface area (Å²) in [5.74, 6) is -0.205. The molecule has 2 aliphatic rings. The zero-order valence-electron chi connectivity index (χ0n) is 21.8. The Morgan fingerprint density at radius 3 is 2.30 bits per heavy atom. The van der Waals surface area contributed by atoms with Gasteiger partial charge >= 0.3 is 5.97 Å². The number of carboxylic acid groups (broad SMARTS) is 1. The molecular weight excluding hydrogens is 468 g/mol. The van der Waals surface area contributed by atoms with Crippen molar-refractivity contribution in [3.8, 4) is 0 Å². The second kappa shape index (κ2) is 12.2. The van der Waals surface area contributed by atoms with Crippen LogP contribution < -0.4 is 14.7 Å². The molecule has 1 aliphatic carbocycles. The Hall–Kier alpha value is -3.39. The van der Waals surface area contributed by atoms with E-state index in [0.717, 1.165) is 32.0 Å². The predicted octanol–water partition coefficient (Wildman–Crippen LogP) is 4.05. The van der Waals surface area contributed by atoms with E-state index in [9.17, 15) is 14.7 Å². The lowest BCUT2D eigenvalue weighted by Crippen LogP contribution is -2.44. The number of anilines is 3. The van der Waals surface area contributed by atoms with Crippen LogP contribution in [0.4, 0.5) is 17.2 Å². The maximum atomic E-state index is 13.7. The molecule has 0 atom stereocenters. The van der Waals surface area contributed by atoms with Gasteiger partial charge in [0.05, 0.1) is 11.8 Å². The summed E-state index contributed by atoms with van der Waals surface area (Å²) in [4.78, 5) is 35.6. The fourth-order valence-corrected chi connectivity index (χ4v) is 5.27. The average molecular weight is 507 g/mol. The first-order valence-electron chi connectivity index (χ1n) is 13.2.